The third-order valence-corrected chi connectivity index (χ3v) is 4.04. The van der Waals surface area contributed by atoms with E-state index in [-0.39, 0.29) is 18.6 Å². The van der Waals surface area contributed by atoms with Crippen LogP contribution in [0.1, 0.15) is 45.2 Å². The van der Waals surface area contributed by atoms with Gasteiger partial charge in [-0.1, -0.05) is 29.8 Å². The number of hydrogen-bond acceptors (Lipinski definition) is 4. The number of H-pyrrole nitrogens is 1. The molecule has 124 valence electrons. The molecule has 0 aliphatic carbocycles. The summed E-state index contributed by atoms with van der Waals surface area (Å²) < 4.78 is 4.75. The number of aromatic amines is 1. The zero-order valence-electron chi connectivity index (χ0n) is 13.8. The first-order valence-corrected chi connectivity index (χ1v) is 7.72. The largest absolute Gasteiger partial charge is 0.464 e. The van der Waals surface area contributed by atoms with Crippen molar-refractivity contribution in [2.24, 2.45) is 0 Å². The highest BCUT2D eigenvalue weighted by Gasteiger charge is 2.16. The monoisotopic (exact) mass is 316 g/mol. The van der Waals surface area contributed by atoms with E-state index in [0.29, 0.717) is 18.7 Å². The molecule has 0 aliphatic rings. The summed E-state index contributed by atoms with van der Waals surface area (Å²) in [5.74, 6) is -0.362. The van der Waals surface area contributed by atoms with Gasteiger partial charge in [0, 0.05) is 25.4 Å². The number of carbonyl (C=O) groups excluding carboxylic acids is 1. The van der Waals surface area contributed by atoms with Crippen molar-refractivity contribution in [2.45, 2.75) is 32.9 Å². The smallest absolute Gasteiger partial charge is 0.354 e. The molecule has 0 spiro atoms. The fourth-order valence-electron chi connectivity index (χ4n) is 2.67. The number of ether oxygens (including phenoxy) is 1. The number of methoxy groups -OCH3 is 1. The molecule has 1 aromatic carbocycles. The van der Waals surface area contributed by atoms with E-state index >= 15 is 0 Å². The number of aryl methyl sites for hydroxylation is 1. The topological polar surface area (TPSA) is 74.4 Å². The van der Waals surface area contributed by atoms with Gasteiger partial charge < -0.3 is 20.1 Å². The van der Waals surface area contributed by atoms with E-state index in [9.17, 15) is 9.90 Å². The summed E-state index contributed by atoms with van der Waals surface area (Å²) in [7, 11) is 1.37. The van der Waals surface area contributed by atoms with Crippen LogP contribution in [0.25, 0.3) is 0 Å². The lowest BCUT2D eigenvalue weighted by molar-refractivity contribution is 0.0594. The van der Waals surface area contributed by atoms with E-state index in [4.69, 9.17) is 4.74 Å². The van der Waals surface area contributed by atoms with Crippen molar-refractivity contribution >= 4 is 5.97 Å². The summed E-state index contributed by atoms with van der Waals surface area (Å²) in [5, 5.41) is 12.8. The van der Waals surface area contributed by atoms with Crippen LogP contribution >= 0.6 is 0 Å². The molecule has 0 saturated heterocycles. The van der Waals surface area contributed by atoms with Crippen LogP contribution < -0.4 is 5.32 Å². The summed E-state index contributed by atoms with van der Waals surface area (Å²) in [4.78, 5) is 14.6. The van der Waals surface area contributed by atoms with Crippen molar-refractivity contribution in [1.82, 2.24) is 10.3 Å². The average molecular weight is 316 g/mol. The van der Waals surface area contributed by atoms with Crippen molar-refractivity contribution in [2.75, 3.05) is 13.7 Å². The Kier molecular flexibility index (Phi) is 5.96. The Morgan fingerprint density at radius 1 is 1.39 bits per heavy atom. The fraction of sp³-hybridized carbons (Fsp3) is 0.389. The molecule has 5 nitrogen and oxygen atoms in total. The number of nitrogens with one attached hydrogen (secondary N) is 2. The van der Waals surface area contributed by atoms with Crippen molar-refractivity contribution in [3.8, 4) is 0 Å². The van der Waals surface area contributed by atoms with Crippen LogP contribution in [0, 0.1) is 13.8 Å². The zero-order chi connectivity index (χ0) is 16.8. The van der Waals surface area contributed by atoms with Gasteiger partial charge in [-0.3, -0.25) is 0 Å². The third kappa shape index (κ3) is 4.21. The Labute approximate surface area is 136 Å². The molecular formula is C18H24N2O3. The van der Waals surface area contributed by atoms with E-state index in [0.717, 1.165) is 16.7 Å². The normalized spacial score (nSPS) is 12.2. The maximum Gasteiger partial charge on any atom is 0.354 e. The number of benzene rings is 1. The van der Waals surface area contributed by atoms with Gasteiger partial charge >= 0.3 is 5.97 Å². The van der Waals surface area contributed by atoms with E-state index in [2.05, 4.69) is 35.4 Å². The Bertz CT molecular complexity index is 664. The molecule has 2 rings (SSSR count). The van der Waals surface area contributed by atoms with Crippen molar-refractivity contribution in [3.05, 3.63) is 58.4 Å². The number of esters is 1. The van der Waals surface area contributed by atoms with Crippen LogP contribution in [-0.2, 0) is 11.3 Å². The molecule has 1 heterocycles. The maximum absolute atomic E-state index is 11.6. The fourth-order valence-corrected chi connectivity index (χ4v) is 2.67. The lowest BCUT2D eigenvalue weighted by Crippen LogP contribution is -2.22. The molecule has 5 heteroatoms. The molecule has 0 bridgehead atoms. The lowest BCUT2D eigenvalue weighted by atomic mass is 10.0. The molecule has 1 unspecified atom stereocenters. The van der Waals surface area contributed by atoms with E-state index < -0.39 is 0 Å². The lowest BCUT2D eigenvalue weighted by Gasteiger charge is -2.19. The summed E-state index contributed by atoms with van der Waals surface area (Å²) in [6, 6.07) is 8.32. The first-order chi connectivity index (χ1) is 11.1. The van der Waals surface area contributed by atoms with Crippen LogP contribution in [0.5, 0.6) is 0 Å². The van der Waals surface area contributed by atoms with Crippen molar-refractivity contribution < 1.29 is 14.6 Å². The molecular weight excluding hydrogens is 292 g/mol. The molecule has 0 fully saturated rings. The molecule has 23 heavy (non-hydrogen) atoms. The summed E-state index contributed by atoms with van der Waals surface area (Å²) >= 11 is 0. The van der Waals surface area contributed by atoms with Gasteiger partial charge in [-0.25, -0.2) is 4.79 Å². The Hall–Kier alpha value is -2.11. The summed E-state index contributed by atoms with van der Waals surface area (Å²) in [6.07, 6.45) is 2.46. The minimum absolute atomic E-state index is 0.0655. The quantitative estimate of drug-likeness (QED) is 0.687. The average Bonchev–Trinajstić information content (AvgIpc) is 2.91. The van der Waals surface area contributed by atoms with E-state index in [1.54, 1.807) is 0 Å². The molecule has 0 radical (unpaired) electrons. The Morgan fingerprint density at radius 3 is 2.83 bits per heavy atom. The molecule has 3 N–H and O–H groups in total. The van der Waals surface area contributed by atoms with Gasteiger partial charge in [-0.2, -0.15) is 0 Å². The SMILES string of the molecule is COC(=O)c1[nH]cc(CNC(CCO)c2cccc(C)c2)c1C. The van der Waals surface area contributed by atoms with Crippen LogP contribution in [-0.4, -0.2) is 29.8 Å². The minimum Gasteiger partial charge on any atom is -0.464 e. The Morgan fingerprint density at radius 2 is 2.17 bits per heavy atom. The van der Waals surface area contributed by atoms with Crippen LogP contribution in [0.15, 0.2) is 30.5 Å². The number of aliphatic hydroxyl groups excluding tert-OH is 1. The number of aliphatic hydroxyl groups is 1. The van der Waals surface area contributed by atoms with Gasteiger partial charge in [-0.05, 0) is 37.0 Å². The minimum atomic E-state index is -0.362. The number of carbonyl (C=O) groups is 1. The predicted octanol–water partition coefficient (Wildman–Crippen LogP) is 2.63. The zero-order valence-corrected chi connectivity index (χ0v) is 13.8. The summed E-state index contributed by atoms with van der Waals surface area (Å²) in [6.45, 7) is 4.68. The second kappa shape index (κ2) is 7.94. The second-order valence-electron chi connectivity index (χ2n) is 5.67. The molecule has 1 aromatic heterocycles. The van der Waals surface area contributed by atoms with Gasteiger partial charge in [0.25, 0.3) is 0 Å². The van der Waals surface area contributed by atoms with Gasteiger partial charge in [-0.15, -0.1) is 0 Å². The maximum atomic E-state index is 11.6. The standard InChI is InChI=1S/C18H24N2O3/c1-12-5-4-6-14(9-12)16(7-8-21)19-10-15-11-20-17(13(15)2)18(22)23-3/h4-6,9,11,16,19-21H,7-8,10H2,1-3H3. The highest BCUT2D eigenvalue weighted by molar-refractivity contribution is 5.89. The first kappa shape index (κ1) is 17.2. The summed E-state index contributed by atoms with van der Waals surface area (Å²) in [5.41, 5.74) is 4.73. The number of aromatic nitrogens is 1. The Balaban J connectivity index is 2.10. The van der Waals surface area contributed by atoms with Gasteiger partial charge in [0.2, 0.25) is 0 Å². The van der Waals surface area contributed by atoms with Gasteiger partial charge in [0.15, 0.2) is 0 Å². The molecule has 2 aromatic rings. The molecule has 0 aliphatic heterocycles. The highest BCUT2D eigenvalue weighted by Crippen LogP contribution is 2.20. The van der Waals surface area contributed by atoms with E-state index in [1.165, 1.54) is 12.7 Å². The number of rotatable bonds is 7. The van der Waals surface area contributed by atoms with E-state index in [1.807, 2.05) is 19.2 Å². The first-order valence-electron chi connectivity index (χ1n) is 7.72. The molecule has 0 saturated carbocycles. The molecule has 0 amide bonds. The second-order valence-corrected chi connectivity index (χ2v) is 5.67. The van der Waals surface area contributed by atoms with Gasteiger partial charge in [0.05, 0.1) is 7.11 Å². The van der Waals surface area contributed by atoms with Crippen molar-refractivity contribution in [1.29, 1.82) is 0 Å². The van der Waals surface area contributed by atoms with Crippen LogP contribution in [0.4, 0.5) is 0 Å². The van der Waals surface area contributed by atoms with Gasteiger partial charge in [0.1, 0.15) is 5.69 Å². The third-order valence-electron chi connectivity index (χ3n) is 4.04. The molecule has 1 atom stereocenters. The number of hydrogen-bond donors (Lipinski definition) is 3. The highest BCUT2D eigenvalue weighted by atomic mass is 16.5. The van der Waals surface area contributed by atoms with Crippen LogP contribution in [0.2, 0.25) is 0 Å². The van der Waals surface area contributed by atoms with Crippen LogP contribution in [0.3, 0.4) is 0 Å². The predicted molar refractivity (Wildman–Crippen MR) is 89.3 cm³/mol. The van der Waals surface area contributed by atoms with Crippen molar-refractivity contribution in [3.63, 3.8) is 0 Å².